The van der Waals surface area contributed by atoms with Crippen LogP contribution in [-0.2, 0) is 4.79 Å². The molecule has 0 aliphatic carbocycles. The highest BCUT2D eigenvalue weighted by Crippen LogP contribution is 1.66. The second-order valence-electron chi connectivity index (χ2n) is 1.59. The van der Waals surface area contributed by atoms with Gasteiger partial charge in [-0.05, 0) is 6.92 Å². The summed E-state index contributed by atoms with van der Waals surface area (Å²) in [7, 11) is 0. The lowest BCUT2D eigenvalue weighted by Gasteiger charge is -2.04. The SMILES string of the molecule is CCN/C(=N\C#N)NC[C]=O. The van der Waals surface area contributed by atoms with E-state index in [-0.39, 0.29) is 6.54 Å². The predicted octanol–water partition coefficient (Wildman–Crippen LogP) is -0.868. The van der Waals surface area contributed by atoms with E-state index >= 15 is 0 Å². The van der Waals surface area contributed by atoms with Crippen molar-refractivity contribution in [2.24, 2.45) is 4.99 Å². The first kappa shape index (κ1) is 9.43. The Balaban J connectivity index is 3.81. The molecule has 59 valence electrons. The molecule has 0 atom stereocenters. The van der Waals surface area contributed by atoms with Crippen molar-refractivity contribution in [2.45, 2.75) is 6.92 Å². The number of nitrogens with zero attached hydrogens (tertiary/aromatic N) is 2. The van der Waals surface area contributed by atoms with Crippen molar-refractivity contribution in [3.63, 3.8) is 0 Å². The average molecular weight is 153 g/mol. The summed E-state index contributed by atoms with van der Waals surface area (Å²) in [5.41, 5.74) is 0. The molecule has 0 fully saturated rings. The molecule has 0 amide bonds. The van der Waals surface area contributed by atoms with Crippen LogP contribution in [0.25, 0.3) is 0 Å². The van der Waals surface area contributed by atoms with Crippen LogP contribution < -0.4 is 10.6 Å². The summed E-state index contributed by atoms with van der Waals surface area (Å²) < 4.78 is 0. The molecule has 0 unspecified atom stereocenters. The number of nitriles is 1. The van der Waals surface area contributed by atoms with Crippen LogP contribution in [0.1, 0.15) is 6.92 Å². The van der Waals surface area contributed by atoms with E-state index in [1.807, 2.05) is 6.92 Å². The number of aliphatic imine (C=N–C) groups is 1. The molecule has 0 saturated heterocycles. The van der Waals surface area contributed by atoms with Crippen LogP contribution in [-0.4, -0.2) is 25.3 Å². The van der Waals surface area contributed by atoms with Crippen molar-refractivity contribution in [2.75, 3.05) is 13.1 Å². The van der Waals surface area contributed by atoms with Gasteiger partial charge in [0.15, 0.2) is 0 Å². The average Bonchev–Trinajstić information content (AvgIpc) is 2.01. The predicted molar refractivity (Wildman–Crippen MR) is 40.4 cm³/mol. The van der Waals surface area contributed by atoms with Crippen LogP contribution in [0.3, 0.4) is 0 Å². The Morgan fingerprint density at radius 1 is 1.64 bits per heavy atom. The van der Waals surface area contributed by atoms with Crippen LogP contribution in [0, 0.1) is 11.5 Å². The third kappa shape index (κ3) is 4.90. The van der Waals surface area contributed by atoms with E-state index in [9.17, 15) is 4.79 Å². The Bertz CT molecular complexity index is 182. The third-order valence-corrected chi connectivity index (χ3v) is 0.834. The normalized spacial score (nSPS) is 10.0. The highest BCUT2D eigenvalue weighted by molar-refractivity contribution is 5.82. The minimum Gasteiger partial charge on any atom is -0.356 e. The second-order valence-corrected chi connectivity index (χ2v) is 1.59. The van der Waals surface area contributed by atoms with E-state index in [1.165, 1.54) is 0 Å². The molecule has 0 aromatic rings. The molecular formula is C6H9N4O. The lowest BCUT2D eigenvalue weighted by atomic mass is 10.6. The molecule has 0 aliphatic heterocycles. The molecule has 5 nitrogen and oxygen atoms in total. The summed E-state index contributed by atoms with van der Waals surface area (Å²) in [4.78, 5) is 13.1. The maximum Gasteiger partial charge on any atom is 0.219 e. The summed E-state index contributed by atoms with van der Waals surface area (Å²) in [6.45, 7) is 2.54. The first-order valence-electron chi connectivity index (χ1n) is 3.14. The van der Waals surface area contributed by atoms with Gasteiger partial charge in [0.2, 0.25) is 18.4 Å². The van der Waals surface area contributed by atoms with Crippen LogP contribution >= 0.6 is 0 Å². The van der Waals surface area contributed by atoms with E-state index in [1.54, 1.807) is 12.5 Å². The van der Waals surface area contributed by atoms with Crippen molar-refractivity contribution in [1.29, 1.82) is 5.26 Å². The van der Waals surface area contributed by atoms with Crippen molar-refractivity contribution in [1.82, 2.24) is 10.6 Å². The zero-order valence-electron chi connectivity index (χ0n) is 6.22. The number of rotatable bonds is 3. The molecule has 0 saturated carbocycles. The molecule has 0 rings (SSSR count). The van der Waals surface area contributed by atoms with E-state index in [4.69, 9.17) is 5.26 Å². The van der Waals surface area contributed by atoms with Gasteiger partial charge in [0.25, 0.3) is 0 Å². The first-order chi connectivity index (χ1) is 5.35. The summed E-state index contributed by atoms with van der Waals surface area (Å²) in [5.74, 6) is 0.304. The smallest absolute Gasteiger partial charge is 0.219 e. The van der Waals surface area contributed by atoms with Crippen LogP contribution in [0.15, 0.2) is 4.99 Å². The van der Waals surface area contributed by atoms with E-state index in [2.05, 4.69) is 15.6 Å². The van der Waals surface area contributed by atoms with Crippen LogP contribution in [0.4, 0.5) is 0 Å². The quantitative estimate of drug-likeness (QED) is 0.314. The van der Waals surface area contributed by atoms with Gasteiger partial charge in [0, 0.05) is 6.54 Å². The lowest BCUT2D eigenvalue weighted by Crippen LogP contribution is -2.37. The fourth-order valence-corrected chi connectivity index (χ4v) is 0.479. The van der Waals surface area contributed by atoms with Crippen molar-refractivity contribution < 1.29 is 4.79 Å². The number of nitrogens with one attached hydrogen (secondary N) is 2. The molecule has 2 N–H and O–H groups in total. The third-order valence-electron chi connectivity index (χ3n) is 0.834. The van der Waals surface area contributed by atoms with Crippen molar-refractivity contribution >= 4 is 12.2 Å². The monoisotopic (exact) mass is 153 g/mol. The molecule has 0 spiro atoms. The van der Waals surface area contributed by atoms with Crippen LogP contribution in [0.2, 0.25) is 0 Å². The van der Waals surface area contributed by atoms with Gasteiger partial charge in [-0.3, -0.25) is 4.79 Å². The molecular weight excluding hydrogens is 144 g/mol. The van der Waals surface area contributed by atoms with Gasteiger partial charge in [0.1, 0.15) is 0 Å². The molecule has 11 heavy (non-hydrogen) atoms. The van der Waals surface area contributed by atoms with Gasteiger partial charge in [-0.1, -0.05) is 0 Å². The fourth-order valence-electron chi connectivity index (χ4n) is 0.479. The van der Waals surface area contributed by atoms with Gasteiger partial charge < -0.3 is 10.6 Å². The van der Waals surface area contributed by atoms with Gasteiger partial charge >= 0.3 is 0 Å². The molecule has 0 aliphatic rings. The van der Waals surface area contributed by atoms with Gasteiger partial charge in [-0.15, -0.1) is 4.99 Å². The topological polar surface area (TPSA) is 77.3 Å². The van der Waals surface area contributed by atoms with Crippen molar-refractivity contribution in [3.05, 3.63) is 0 Å². The molecule has 0 heterocycles. The summed E-state index contributed by atoms with van der Waals surface area (Å²) >= 11 is 0. The van der Waals surface area contributed by atoms with E-state index < -0.39 is 0 Å². The zero-order chi connectivity index (χ0) is 8.53. The van der Waals surface area contributed by atoms with Gasteiger partial charge in [0.05, 0.1) is 6.54 Å². The minimum atomic E-state index is 0.0352. The van der Waals surface area contributed by atoms with E-state index in [0.717, 1.165) is 0 Å². The summed E-state index contributed by atoms with van der Waals surface area (Å²) in [5, 5.41) is 13.5. The molecule has 0 aromatic carbocycles. The number of hydrogen-bond acceptors (Lipinski definition) is 3. The fraction of sp³-hybridized carbons (Fsp3) is 0.500. The van der Waals surface area contributed by atoms with Crippen LogP contribution in [0.5, 0.6) is 0 Å². The molecule has 0 bridgehead atoms. The zero-order valence-corrected chi connectivity index (χ0v) is 6.22. The maximum absolute atomic E-state index is 9.76. The largest absolute Gasteiger partial charge is 0.356 e. The highest BCUT2D eigenvalue weighted by Gasteiger charge is 1.92. The van der Waals surface area contributed by atoms with Crippen molar-refractivity contribution in [3.8, 4) is 6.19 Å². The first-order valence-corrected chi connectivity index (χ1v) is 3.14. The lowest BCUT2D eigenvalue weighted by molar-refractivity contribution is 0.553. The summed E-state index contributed by atoms with van der Waals surface area (Å²) in [6, 6.07) is 0. The minimum absolute atomic E-state index is 0.0352. The Morgan fingerprint density at radius 2 is 2.36 bits per heavy atom. The Labute approximate surface area is 65.1 Å². The number of carbonyl (C=O) groups excluding carboxylic acids is 1. The Hall–Kier alpha value is -1.57. The highest BCUT2D eigenvalue weighted by atomic mass is 16.1. The summed E-state index contributed by atoms with van der Waals surface area (Å²) in [6.07, 6.45) is 3.22. The molecule has 1 radical (unpaired) electrons. The molecule has 0 aromatic heterocycles. The molecule has 5 heteroatoms. The van der Waals surface area contributed by atoms with Gasteiger partial charge in [-0.25, -0.2) is 0 Å². The number of guanidine groups is 1. The Kier molecular flexibility index (Phi) is 5.61. The standard InChI is InChI=1S/C6H9N4O/c1-2-8-6(10-5-7)9-3-4-11/h2-3H2,1H3,(H2,8,9,10). The maximum atomic E-state index is 9.76. The Morgan fingerprint density at radius 3 is 2.82 bits per heavy atom. The second kappa shape index (κ2) is 6.55. The van der Waals surface area contributed by atoms with Gasteiger partial charge in [-0.2, -0.15) is 5.26 Å². The number of hydrogen-bond donors (Lipinski definition) is 2. The van der Waals surface area contributed by atoms with E-state index in [0.29, 0.717) is 12.5 Å².